The van der Waals surface area contributed by atoms with Crippen molar-refractivity contribution in [3.63, 3.8) is 0 Å². The maximum absolute atomic E-state index is 9.07. The molecule has 276 valence electrons. The van der Waals surface area contributed by atoms with Gasteiger partial charge in [0.05, 0.1) is 0 Å². The molecule has 8 aromatic rings. The number of fused-ring (bicyclic) bond motifs is 12. The second kappa shape index (κ2) is 13.7. The van der Waals surface area contributed by atoms with E-state index >= 15 is 0 Å². The first-order valence-electron chi connectivity index (χ1n) is 20.4. The summed E-state index contributed by atoms with van der Waals surface area (Å²) in [6, 6.07) is 72.0. The van der Waals surface area contributed by atoms with Crippen molar-refractivity contribution in [2.24, 2.45) is 0 Å². The maximum atomic E-state index is 9.07. The summed E-state index contributed by atoms with van der Waals surface area (Å²) in [4.78, 5) is 10.9. The number of hydrogen-bond donors (Lipinski definition) is 0. The van der Waals surface area contributed by atoms with Gasteiger partial charge in [0.1, 0.15) is 0 Å². The molecule has 0 aromatic heterocycles. The zero-order valence-electron chi connectivity index (χ0n) is 33.7. The van der Waals surface area contributed by atoms with E-state index in [2.05, 4.69) is 196 Å². The SMILES string of the molecule is [2H]C([2H])([2H])N1[C]2=[Pt]=[C]3N(c4ccccc4)c4ccccc4N3c3cccc(c3)N(c3c(-c4ccccc4)cccc3-c3ccccc3)c3cccc(c3)N2c2ccccc21. The van der Waals surface area contributed by atoms with E-state index in [4.69, 9.17) is 4.11 Å². The number of nitrogens with zero attached hydrogens (tertiary/aromatic N) is 5. The number of para-hydroxylation sites is 6. The molecule has 0 saturated carbocycles. The molecule has 5 nitrogen and oxygen atoms in total. The molecular formula is C51H37N5Pt. The van der Waals surface area contributed by atoms with Crippen molar-refractivity contribution in [2.45, 2.75) is 0 Å². The van der Waals surface area contributed by atoms with Gasteiger partial charge in [-0.1, -0.05) is 0 Å². The van der Waals surface area contributed by atoms with Crippen LogP contribution < -0.4 is 24.5 Å². The number of rotatable bonds is 4. The van der Waals surface area contributed by atoms with E-state index in [1.54, 1.807) is 4.90 Å². The van der Waals surface area contributed by atoms with Gasteiger partial charge in [-0.25, -0.2) is 0 Å². The van der Waals surface area contributed by atoms with Gasteiger partial charge in [-0.2, -0.15) is 0 Å². The van der Waals surface area contributed by atoms with E-state index in [0.717, 1.165) is 81.7 Å². The van der Waals surface area contributed by atoms with Crippen LogP contribution in [0, 0.1) is 0 Å². The summed E-state index contributed by atoms with van der Waals surface area (Å²) in [5, 5.41) is 0. The van der Waals surface area contributed by atoms with Crippen LogP contribution in [0.2, 0.25) is 0 Å². The van der Waals surface area contributed by atoms with Gasteiger partial charge in [-0.05, 0) is 0 Å². The van der Waals surface area contributed by atoms with Crippen LogP contribution in [0.15, 0.2) is 206 Å². The summed E-state index contributed by atoms with van der Waals surface area (Å²) in [5.74, 6) is 0. The zero-order valence-corrected chi connectivity index (χ0v) is 33.0. The Kier molecular flexibility index (Phi) is 7.33. The van der Waals surface area contributed by atoms with Crippen LogP contribution in [0.4, 0.5) is 56.9 Å². The summed E-state index contributed by atoms with van der Waals surface area (Å²) < 4.78 is 29.0. The Labute approximate surface area is 345 Å². The van der Waals surface area contributed by atoms with Crippen LogP contribution >= 0.6 is 0 Å². The van der Waals surface area contributed by atoms with Crippen LogP contribution in [0.1, 0.15) is 4.11 Å². The van der Waals surface area contributed by atoms with Crippen LogP contribution in [-0.4, -0.2) is 15.3 Å². The Bertz CT molecular complexity index is 2950. The quantitative estimate of drug-likeness (QED) is 0.174. The van der Waals surface area contributed by atoms with E-state index in [1.165, 1.54) is 0 Å². The summed E-state index contributed by atoms with van der Waals surface area (Å²) in [6.07, 6.45) is 0. The molecule has 0 saturated heterocycles. The van der Waals surface area contributed by atoms with Crippen LogP contribution in [0.25, 0.3) is 22.3 Å². The molecule has 0 aliphatic carbocycles. The Morgan fingerprint density at radius 1 is 0.351 bits per heavy atom. The molecule has 0 spiro atoms. The predicted octanol–water partition coefficient (Wildman–Crippen LogP) is 12.6. The molecule has 3 aliphatic rings. The molecule has 4 bridgehead atoms. The van der Waals surface area contributed by atoms with Gasteiger partial charge in [-0.15, -0.1) is 0 Å². The van der Waals surface area contributed by atoms with Gasteiger partial charge in [-0.3, -0.25) is 0 Å². The van der Waals surface area contributed by atoms with Gasteiger partial charge in [0, 0.05) is 0 Å². The Hall–Kier alpha value is -6.81. The fraction of sp³-hybridized carbons (Fsp3) is 0.0196. The summed E-state index contributed by atoms with van der Waals surface area (Å²) >= 11 is -1.25. The van der Waals surface area contributed by atoms with Crippen molar-refractivity contribution in [2.75, 3.05) is 31.5 Å². The molecule has 3 aliphatic heterocycles. The van der Waals surface area contributed by atoms with Crippen LogP contribution in [0.5, 0.6) is 0 Å². The molecule has 0 amide bonds. The molecule has 57 heavy (non-hydrogen) atoms. The van der Waals surface area contributed by atoms with Gasteiger partial charge in [0.25, 0.3) is 0 Å². The second-order valence-corrected chi connectivity index (χ2v) is 16.6. The minimum atomic E-state index is -2.45. The van der Waals surface area contributed by atoms with E-state index in [-0.39, 0.29) is 0 Å². The van der Waals surface area contributed by atoms with E-state index in [0.29, 0.717) is 5.69 Å². The average molecular weight is 918 g/mol. The first-order valence-corrected chi connectivity index (χ1v) is 21.2. The first kappa shape index (κ1) is 30.4. The molecule has 6 heteroatoms. The normalized spacial score (nSPS) is 15.2. The molecule has 8 aromatic carbocycles. The van der Waals surface area contributed by atoms with Gasteiger partial charge >= 0.3 is 347 Å². The molecule has 0 radical (unpaired) electrons. The topological polar surface area (TPSA) is 16.2 Å². The third kappa shape index (κ3) is 5.49. The number of hydrogen-bond acceptors (Lipinski definition) is 5. The van der Waals surface area contributed by atoms with Crippen LogP contribution in [0.3, 0.4) is 0 Å². The van der Waals surface area contributed by atoms with Crippen molar-refractivity contribution >= 4 is 65.2 Å². The predicted molar refractivity (Wildman–Crippen MR) is 236 cm³/mol. The van der Waals surface area contributed by atoms with Gasteiger partial charge < -0.3 is 0 Å². The van der Waals surface area contributed by atoms with Crippen molar-refractivity contribution in [3.8, 4) is 22.3 Å². The number of benzene rings is 8. The molecule has 0 N–H and O–H groups in total. The van der Waals surface area contributed by atoms with E-state index in [9.17, 15) is 0 Å². The molecule has 0 atom stereocenters. The number of anilines is 10. The van der Waals surface area contributed by atoms with E-state index < -0.39 is 24.6 Å². The Balaban J connectivity index is 1.28. The van der Waals surface area contributed by atoms with Crippen molar-refractivity contribution in [1.29, 1.82) is 0 Å². The van der Waals surface area contributed by atoms with Crippen molar-refractivity contribution in [3.05, 3.63) is 206 Å². The summed E-state index contributed by atoms with van der Waals surface area (Å²) in [6.45, 7) is -2.45. The third-order valence-electron chi connectivity index (χ3n) is 10.7. The monoisotopic (exact) mass is 917 g/mol. The Morgan fingerprint density at radius 2 is 0.737 bits per heavy atom. The zero-order chi connectivity index (χ0) is 40.4. The molecule has 11 rings (SSSR count). The fourth-order valence-corrected chi connectivity index (χ4v) is 11.6. The second-order valence-electron chi connectivity index (χ2n) is 14.0. The fourth-order valence-electron chi connectivity index (χ4n) is 8.18. The van der Waals surface area contributed by atoms with Crippen molar-refractivity contribution in [1.82, 2.24) is 0 Å². The van der Waals surface area contributed by atoms with Gasteiger partial charge in [0.2, 0.25) is 0 Å². The molecule has 0 unspecified atom stereocenters. The Morgan fingerprint density at radius 3 is 1.26 bits per heavy atom. The van der Waals surface area contributed by atoms with Gasteiger partial charge in [0.15, 0.2) is 0 Å². The molecular weight excluding hydrogens is 878 g/mol. The third-order valence-corrected chi connectivity index (χ3v) is 13.7. The average Bonchev–Trinajstić information content (AvgIpc) is 3.80. The summed E-state index contributed by atoms with van der Waals surface area (Å²) in [5.41, 5.74) is 13.8. The van der Waals surface area contributed by atoms with E-state index in [1.807, 2.05) is 30.3 Å². The van der Waals surface area contributed by atoms with Crippen molar-refractivity contribution < 1.29 is 21.8 Å². The molecule has 0 fully saturated rings. The minimum absolute atomic E-state index is 0.667. The molecule has 3 heterocycles. The van der Waals surface area contributed by atoms with Crippen LogP contribution in [-0.2, 0) is 17.6 Å². The first-order chi connectivity index (χ1) is 29.4. The summed E-state index contributed by atoms with van der Waals surface area (Å²) in [7, 11) is 0. The standard InChI is InChI=1S/C51H37N5.Pt/c1-52-36-53(48-31-12-11-30-47(48)52)41-24-15-26-43(34-41)56(51-45(38-18-5-2-6-19-38)28-17-29-46(51)39-20-7-3-8-21-39)44-27-16-25-42(35-44)55-37-54(40-22-9-4-10-23-40)49-32-13-14-33-50(49)55;/h2-35H,1H3;/i1D3;.